The molecule has 0 fully saturated rings. The van der Waals surface area contributed by atoms with E-state index in [2.05, 4.69) is 0 Å². The van der Waals surface area contributed by atoms with Crippen molar-refractivity contribution in [3.05, 3.63) is 39.7 Å². The lowest BCUT2D eigenvalue weighted by molar-refractivity contribution is 1.55. The van der Waals surface area contributed by atoms with Crippen molar-refractivity contribution in [3.63, 3.8) is 0 Å². The summed E-state index contributed by atoms with van der Waals surface area (Å²) in [5, 5.41) is 0.679. The van der Waals surface area contributed by atoms with Gasteiger partial charge in [-0.15, -0.1) is 0 Å². The zero-order valence-corrected chi connectivity index (χ0v) is 7.21. The number of benzene rings is 1. The lowest BCUT2D eigenvalue weighted by Gasteiger charge is -2.09. The molecule has 0 bridgehead atoms. The maximum Gasteiger partial charge on any atom is 0.0164 e. The molecule has 0 unspecified atom stereocenters. The van der Waals surface area contributed by atoms with Gasteiger partial charge in [-0.05, 0) is 0 Å². The third-order valence-corrected chi connectivity index (χ3v) is 1.75. The SMILES string of the molecule is Clc1ccc([C-](Cl)Cl)cc1. The summed E-state index contributed by atoms with van der Waals surface area (Å²) in [6.07, 6.45) is 0. The Morgan fingerprint density at radius 1 is 1.00 bits per heavy atom. The molecule has 0 aliphatic heterocycles. The van der Waals surface area contributed by atoms with Gasteiger partial charge in [0.25, 0.3) is 0 Å². The Morgan fingerprint density at radius 3 is 1.90 bits per heavy atom. The van der Waals surface area contributed by atoms with Crippen molar-refractivity contribution in [2.45, 2.75) is 0 Å². The van der Waals surface area contributed by atoms with E-state index in [-0.39, 0.29) is 4.84 Å². The van der Waals surface area contributed by atoms with Gasteiger partial charge >= 0.3 is 0 Å². The fourth-order valence-electron chi connectivity index (χ4n) is 0.576. The van der Waals surface area contributed by atoms with E-state index in [1.165, 1.54) is 0 Å². The smallest absolute Gasteiger partial charge is 0.0164 e. The number of rotatable bonds is 1. The van der Waals surface area contributed by atoms with Crippen LogP contribution in [0, 0.1) is 4.84 Å². The van der Waals surface area contributed by atoms with E-state index in [1.807, 2.05) is 0 Å². The predicted octanol–water partition coefficient (Wildman–Crippen LogP) is 3.66. The Hall–Kier alpha value is -0.0400. The van der Waals surface area contributed by atoms with E-state index < -0.39 is 0 Å². The summed E-state index contributed by atoms with van der Waals surface area (Å²) in [4.78, 5) is 0.261. The lowest BCUT2D eigenvalue weighted by Crippen LogP contribution is -1.79. The Labute approximate surface area is 74.7 Å². The summed E-state index contributed by atoms with van der Waals surface area (Å²) in [5.74, 6) is 0. The quantitative estimate of drug-likeness (QED) is 0.599. The summed E-state index contributed by atoms with van der Waals surface area (Å²) in [5.41, 5.74) is 0.785. The number of hydrogen-bond acceptors (Lipinski definition) is 0. The van der Waals surface area contributed by atoms with Crippen LogP contribution in [0.25, 0.3) is 0 Å². The molecule has 3 heteroatoms. The molecule has 0 radical (unpaired) electrons. The van der Waals surface area contributed by atoms with E-state index >= 15 is 0 Å². The summed E-state index contributed by atoms with van der Waals surface area (Å²) in [6.45, 7) is 0. The van der Waals surface area contributed by atoms with Gasteiger partial charge in [-0.25, -0.2) is 0 Å². The molecule has 54 valence electrons. The first-order valence-corrected chi connectivity index (χ1v) is 3.77. The molecule has 0 aliphatic carbocycles. The zero-order chi connectivity index (χ0) is 7.56. The van der Waals surface area contributed by atoms with Gasteiger partial charge in [-0.1, -0.05) is 23.7 Å². The highest BCUT2D eigenvalue weighted by molar-refractivity contribution is 6.54. The molecule has 0 saturated heterocycles. The molecule has 10 heavy (non-hydrogen) atoms. The fraction of sp³-hybridized carbons (Fsp3) is 0. The maximum absolute atomic E-state index is 5.62. The first kappa shape index (κ1) is 8.06. The summed E-state index contributed by atoms with van der Waals surface area (Å²) in [7, 11) is 0. The highest BCUT2D eigenvalue weighted by Gasteiger charge is 1.90. The molecule has 1 aromatic carbocycles. The van der Waals surface area contributed by atoms with Crippen LogP contribution < -0.4 is 0 Å². The Morgan fingerprint density at radius 2 is 1.50 bits per heavy atom. The minimum atomic E-state index is 0.261. The molecule has 0 aromatic heterocycles. The van der Waals surface area contributed by atoms with Crippen LogP contribution in [-0.4, -0.2) is 0 Å². The molecule has 0 N–H and O–H groups in total. The van der Waals surface area contributed by atoms with Crippen LogP contribution in [0.2, 0.25) is 5.02 Å². The molecular weight excluding hydrogens is 190 g/mol. The second-order valence-electron chi connectivity index (χ2n) is 1.77. The largest absolute Gasteiger partial charge is 0.159 e. The van der Waals surface area contributed by atoms with Gasteiger partial charge in [0.05, 0.1) is 0 Å². The zero-order valence-electron chi connectivity index (χ0n) is 4.94. The van der Waals surface area contributed by atoms with E-state index in [1.54, 1.807) is 24.3 Å². The third-order valence-electron chi connectivity index (χ3n) is 1.06. The van der Waals surface area contributed by atoms with Crippen molar-refractivity contribution in [2.24, 2.45) is 0 Å². The Bertz CT molecular complexity index is 203. The van der Waals surface area contributed by atoms with Gasteiger partial charge in [-0.2, -0.15) is 40.9 Å². The maximum atomic E-state index is 5.62. The topological polar surface area (TPSA) is 0 Å². The van der Waals surface area contributed by atoms with Crippen molar-refractivity contribution >= 4 is 34.8 Å². The van der Waals surface area contributed by atoms with Crippen molar-refractivity contribution < 1.29 is 0 Å². The molecular formula is C7H4Cl3-. The van der Waals surface area contributed by atoms with Crippen molar-refractivity contribution in [1.29, 1.82) is 0 Å². The monoisotopic (exact) mass is 193 g/mol. The van der Waals surface area contributed by atoms with Crippen molar-refractivity contribution in [1.82, 2.24) is 0 Å². The van der Waals surface area contributed by atoms with Gasteiger partial charge in [0, 0.05) is 9.86 Å². The van der Waals surface area contributed by atoms with Crippen molar-refractivity contribution in [2.75, 3.05) is 0 Å². The second-order valence-corrected chi connectivity index (χ2v) is 3.15. The highest BCUT2D eigenvalue weighted by Crippen LogP contribution is 2.24. The van der Waals surface area contributed by atoms with Gasteiger partial charge in [0.1, 0.15) is 0 Å². The van der Waals surface area contributed by atoms with Gasteiger partial charge in [0.15, 0.2) is 0 Å². The standard InChI is InChI=1S/C7H4Cl3/c8-6-3-1-5(2-4-6)7(9)10/h1-4H/q-1. The van der Waals surface area contributed by atoms with E-state index in [0.717, 1.165) is 5.56 Å². The van der Waals surface area contributed by atoms with Crippen LogP contribution in [0.4, 0.5) is 0 Å². The average Bonchev–Trinajstić information content (AvgIpc) is 1.88. The normalized spacial score (nSPS) is 9.50. The Kier molecular flexibility index (Phi) is 2.72. The lowest BCUT2D eigenvalue weighted by atomic mass is 10.2. The first-order valence-electron chi connectivity index (χ1n) is 2.64. The van der Waals surface area contributed by atoms with Crippen LogP contribution in [0.5, 0.6) is 0 Å². The highest BCUT2D eigenvalue weighted by atomic mass is 35.5. The van der Waals surface area contributed by atoms with Crippen LogP contribution >= 0.6 is 34.8 Å². The summed E-state index contributed by atoms with van der Waals surface area (Å²) in [6, 6.07) is 7.00. The van der Waals surface area contributed by atoms with Gasteiger partial charge < -0.3 is 0 Å². The molecule has 0 nitrogen and oxygen atoms in total. The third kappa shape index (κ3) is 1.98. The van der Waals surface area contributed by atoms with Crippen LogP contribution in [-0.2, 0) is 0 Å². The van der Waals surface area contributed by atoms with E-state index in [4.69, 9.17) is 34.8 Å². The van der Waals surface area contributed by atoms with Gasteiger partial charge in [0.2, 0.25) is 0 Å². The summed E-state index contributed by atoms with van der Waals surface area (Å²) >= 11 is 16.6. The van der Waals surface area contributed by atoms with Crippen LogP contribution in [0.1, 0.15) is 5.56 Å². The molecule has 1 aromatic rings. The number of halogens is 3. The molecule has 1 rings (SSSR count). The minimum Gasteiger partial charge on any atom is -0.159 e. The van der Waals surface area contributed by atoms with Crippen LogP contribution in [0.3, 0.4) is 0 Å². The first-order chi connectivity index (χ1) is 4.70. The molecule has 0 spiro atoms. The summed E-state index contributed by atoms with van der Waals surface area (Å²) < 4.78 is 0. The minimum absolute atomic E-state index is 0.261. The van der Waals surface area contributed by atoms with Gasteiger partial charge in [-0.3, -0.25) is 0 Å². The molecule has 0 aliphatic rings. The van der Waals surface area contributed by atoms with E-state index in [0.29, 0.717) is 5.02 Å². The number of hydrogen-bond donors (Lipinski definition) is 0. The Balaban J connectivity index is 2.89. The van der Waals surface area contributed by atoms with Crippen LogP contribution in [0.15, 0.2) is 24.3 Å². The van der Waals surface area contributed by atoms with Crippen molar-refractivity contribution in [3.8, 4) is 0 Å². The second kappa shape index (κ2) is 3.38. The fourth-order valence-corrected chi connectivity index (χ4v) is 0.954. The average molecular weight is 194 g/mol. The molecule has 0 amide bonds. The molecule has 0 atom stereocenters. The predicted molar refractivity (Wildman–Crippen MR) is 45.5 cm³/mol. The molecule has 0 saturated carbocycles. The van der Waals surface area contributed by atoms with E-state index in [9.17, 15) is 0 Å². The molecule has 0 heterocycles.